The summed E-state index contributed by atoms with van der Waals surface area (Å²) in [6.45, 7) is 9.82. The van der Waals surface area contributed by atoms with Crippen LogP contribution in [0.15, 0.2) is 25.3 Å². The van der Waals surface area contributed by atoms with E-state index in [1.165, 1.54) is 7.11 Å². The van der Waals surface area contributed by atoms with E-state index in [9.17, 15) is 9.90 Å². The highest BCUT2D eigenvalue weighted by Gasteiger charge is 2.43. The van der Waals surface area contributed by atoms with Gasteiger partial charge in [-0.05, 0) is 6.92 Å². The lowest BCUT2D eigenvalue weighted by atomic mass is 9.94. The van der Waals surface area contributed by atoms with Crippen LogP contribution in [0.1, 0.15) is 6.92 Å². The van der Waals surface area contributed by atoms with E-state index in [0.717, 1.165) is 0 Å². The molecule has 0 aliphatic heterocycles. The summed E-state index contributed by atoms with van der Waals surface area (Å²) in [6, 6.07) is -0.490. The van der Waals surface area contributed by atoms with Gasteiger partial charge in [-0.25, -0.2) is 4.79 Å². The summed E-state index contributed by atoms with van der Waals surface area (Å²) < 4.78 is 4.59. The zero-order valence-corrected chi connectivity index (χ0v) is 11.8. The Morgan fingerprint density at radius 1 is 1.50 bits per heavy atom. The molecule has 106 valence electrons. The first kappa shape index (κ1) is 19.5. The molecule has 0 rings (SSSR count). The van der Waals surface area contributed by atoms with E-state index < -0.39 is 17.6 Å². The van der Waals surface area contributed by atoms with Crippen LogP contribution in [-0.4, -0.2) is 54.4 Å². The number of rotatable bonds is 8. The van der Waals surface area contributed by atoms with Crippen LogP contribution in [0.5, 0.6) is 0 Å². The second kappa shape index (κ2) is 9.10. The second-order valence-electron chi connectivity index (χ2n) is 3.83. The summed E-state index contributed by atoms with van der Waals surface area (Å²) >= 11 is 0. The largest absolute Gasteiger partial charge is 0.467 e. The van der Waals surface area contributed by atoms with Crippen molar-refractivity contribution < 1.29 is 14.6 Å². The van der Waals surface area contributed by atoms with E-state index in [4.69, 9.17) is 5.73 Å². The van der Waals surface area contributed by atoms with Crippen molar-refractivity contribution >= 4 is 18.4 Å². The summed E-state index contributed by atoms with van der Waals surface area (Å²) in [5.41, 5.74) is 3.76. The van der Waals surface area contributed by atoms with Crippen LogP contribution in [0, 0.1) is 0 Å². The molecule has 5 nitrogen and oxygen atoms in total. The molecule has 6 heteroatoms. The van der Waals surface area contributed by atoms with Crippen molar-refractivity contribution in [2.75, 3.05) is 26.7 Å². The summed E-state index contributed by atoms with van der Waals surface area (Å²) in [5.74, 6) is -0.731. The minimum absolute atomic E-state index is 0. The minimum atomic E-state index is -1.72. The molecule has 0 heterocycles. The van der Waals surface area contributed by atoms with Gasteiger partial charge in [0.2, 0.25) is 0 Å². The maximum atomic E-state index is 11.6. The number of esters is 1. The van der Waals surface area contributed by atoms with Crippen molar-refractivity contribution in [1.29, 1.82) is 0 Å². The average Bonchev–Trinajstić information content (AvgIpc) is 2.35. The second-order valence-corrected chi connectivity index (χ2v) is 3.83. The van der Waals surface area contributed by atoms with E-state index in [0.29, 0.717) is 13.1 Å². The number of hydrogen-bond donors (Lipinski definition) is 2. The standard InChI is InChI=1S/C12H22N2O3.ClH/c1-5-7-14(8-6-2)10(3)12(16,9-13)11(15)17-4;/h5-6,10,16H,1-2,7-9,13H2,3-4H3;1H. The van der Waals surface area contributed by atoms with Crippen LogP contribution in [0.25, 0.3) is 0 Å². The van der Waals surface area contributed by atoms with Gasteiger partial charge in [0, 0.05) is 25.7 Å². The highest BCUT2D eigenvalue weighted by atomic mass is 35.5. The number of aliphatic hydroxyl groups is 1. The lowest BCUT2D eigenvalue weighted by Gasteiger charge is -2.37. The number of halogens is 1. The van der Waals surface area contributed by atoms with Crippen molar-refractivity contribution in [3.8, 4) is 0 Å². The van der Waals surface area contributed by atoms with Crippen LogP contribution in [0.3, 0.4) is 0 Å². The molecule has 18 heavy (non-hydrogen) atoms. The van der Waals surface area contributed by atoms with E-state index in [2.05, 4.69) is 17.9 Å². The quantitative estimate of drug-likeness (QED) is 0.494. The molecule has 0 radical (unpaired) electrons. The van der Waals surface area contributed by atoms with Crippen molar-refractivity contribution in [2.45, 2.75) is 18.6 Å². The van der Waals surface area contributed by atoms with Gasteiger partial charge in [0.05, 0.1) is 7.11 Å². The van der Waals surface area contributed by atoms with Crippen molar-refractivity contribution in [3.63, 3.8) is 0 Å². The molecular weight excluding hydrogens is 256 g/mol. The Bertz CT molecular complexity index is 276. The van der Waals surface area contributed by atoms with Gasteiger partial charge in [-0.2, -0.15) is 0 Å². The normalized spacial score (nSPS) is 15.2. The monoisotopic (exact) mass is 278 g/mol. The molecule has 0 amide bonds. The molecule has 0 spiro atoms. The Morgan fingerprint density at radius 3 is 2.22 bits per heavy atom. The molecule has 0 aromatic rings. The van der Waals surface area contributed by atoms with E-state index in [1.807, 2.05) is 4.90 Å². The topological polar surface area (TPSA) is 75.8 Å². The summed E-state index contributed by atoms with van der Waals surface area (Å²) in [4.78, 5) is 13.4. The third-order valence-electron chi connectivity index (χ3n) is 2.82. The highest BCUT2D eigenvalue weighted by molar-refractivity contribution is 5.85. The first-order chi connectivity index (χ1) is 7.97. The molecule has 0 aromatic heterocycles. The zero-order chi connectivity index (χ0) is 13.5. The molecule has 2 unspecified atom stereocenters. The molecule has 0 fully saturated rings. The Balaban J connectivity index is 0. The van der Waals surface area contributed by atoms with Crippen LogP contribution in [-0.2, 0) is 9.53 Å². The number of methoxy groups -OCH3 is 1. The van der Waals surface area contributed by atoms with E-state index in [-0.39, 0.29) is 19.0 Å². The molecule has 0 aliphatic rings. The molecule has 2 atom stereocenters. The smallest absolute Gasteiger partial charge is 0.340 e. The van der Waals surface area contributed by atoms with E-state index in [1.54, 1.807) is 19.1 Å². The van der Waals surface area contributed by atoms with Crippen molar-refractivity contribution in [3.05, 3.63) is 25.3 Å². The number of nitrogens with zero attached hydrogens (tertiary/aromatic N) is 1. The molecular formula is C12H23ClN2O3. The fourth-order valence-electron chi connectivity index (χ4n) is 1.63. The minimum Gasteiger partial charge on any atom is -0.467 e. The summed E-state index contributed by atoms with van der Waals surface area (Å²) in [7, 11) is 1.22. The number of nitrogens with two attached hydrogens (primary N) is 1. The Labute approximate surface area is 115 Å². The van der Waals surface area contributed by atoms with E-state index >= 15 is 0 Å². The first-order valence-electron chi connectivity index (χ1n) is 5.44. The number of ether oxygens (including phenoxy) is 1. The lowest BCUT2D eigenvalue weighted by molar-refractivity contribution is -0.167. The van der Waals surface area contributed by atoms with Crippen LogP contribution < -0.4 is 5.73 Å². The zero-order valence-electron chi connectivity index (χ0n) is 11.0. The van der Waals surface area contributed by atoms with Gasteiger partial charge in [0.15, 0.2) is 5.60 Å². The van der Waals surface area contributed by atoms with Gasteiger partial charge in [-0.15, -0.1) is 25.6 Å². The van der Waals surface area contributed by atoms with Crippen molar-refractivity contribution in [1.82, 2.24) is 4.90 Å². The maximum absolute atomic E-state index is 11.6. The van der Waals surface area contributed by atoms with Gasteiger partial charge in [-0.3, -0.25) is 4.90 Å². The average molecular weight is 279 g/mol. The Morgan fingerprint density at radius 2 is 1.94 bits per heavy atom. The first-order valence-corrected chi connectivity index (χ1v) is 5.44. The highest BCUT2D eigenvalue weighted by Crippen LogP contribution is 2.17. The predicted octanol–water partition coefficient (Wildman–Crippen LogP) is 0.333. The van der Waals surface area contributed by atoms with Crippen LogP contribution >= 0.6 is 12.4 Å². The summed E-state index contributed by atoms with van der Waals surface area (Å²) in [5, 5.41) is 10.3. The van der Waals surface area contributed by atoms with Gasteiger partial charge >= 0.3 is 5.97 Å². The molecule has 0 aromatic carbocycles. The SMILES string of the molecule is C=CCN(CC=C)C(C)C(O)(CN)C(=O)OC.Cl. The molecule has 0 bridgehead atoms. The molecule has 0 aliphatic carbocycles. The third-order valence-corrected chi connectivity index (χ3v) is 2.82. The number of carbonyl (C=O) groups is 1. The van der Waals surface area contributed by atoms with Gasteiger partial charge in [0.25, 0.3) is 0 Å². The third kappa shape index (κ3) is 4.42. The van der Waals surface area contributed by atoms with Crippen LogP contribution in [0.2, 0.25) is 0 Å². The maximum Gasteiger partial charge on any atom is 0.340 e. The fourth-order valence-corrected chi connectivity index (χ4v) is 1.63. The van der Waals surface area contributed by atoms with Gasteiger partial charge < -0.3 is 15.6 Å². The molecule has 0 saturated heterocycles. The lowest BCUT2D eigenvalue weighted by Crippen LogP contribution is -2.60. The number of carbonyl (C=O) groups excluding carboxylic acids is 1. The Kier molecular flexibility index (Phi) is 9.84. The predicted molar refractivity (Wildman–Crippen MR) is 74.7 cm³/mol. The molecule has 3 N–H and O–H groups in total. The Hall–Kier alpha value is -0.880. The molecule has 0 saturated carbocycles. The summed E-state index contributed by atoms with van der Waals surface area (Å²) in [6.07, 6.45) is 3.38. The van der Waals surface area contributed by atoms with Crippen LogP contribution in [0.4, 0.5) is 0 Å². The fraction of sp³-hybridized carbons (Fsp3) is 0.583. The van der Waals surface area contributed by atoms with Crippen molar-refractivity contribution in [2.24, 2.45) is 5.73 Å². The number of hydrogen-bond acceptors (Lipinski definition) is 5. The van der Waals surface area contributed by atoms with Gasteiger partial charge in [-0.1, -0.05) is 12.2 Å². The van der Waals surface area contributed by atoms with Gasteiger partial charge in [0.1, 0.15) is 0 Å².